The van der Waals surface area contributed by atoms with E-state index in [2.05, 4.69) is 21.0 Å². The van der Waals surface area contributed by atoms with Gasteiger partial charge >= 0.3 is 0 Å². The predicted octanol–water partition coefficient (Wildman–Crippen LogP) is 4.53. The van der Waals surface area contributed by atoms with Crippen LogP contribution in [0, 0.1) is 5.82 Å². The second kappa shape index (κ2) is 7.40. The van der Waals surface area contributed by atoms with E-state index >= 15 is 0 Å². The molecule has 0 N–H and O–H groups in total. The van der Waals surface area contributed by atoms with Gasteiger partial charge in [-0.25, -0.2) is 9.40 Å². The first kappa shape index (κ1) is 17.5. The Hall–Kier alpha value is -2.87. The molecule has 1 amide bonds. The first-order valence-electron chi connectivity index (χ1n) is 8.16. The first-order valence-corrected chi connectivity index (χ1v) is 8.96. The van der Waals surface area contributed by atoms with E-state index in [4.69, 9.17) is 13.6 Å². The van der Waals surface area contributed by atoms with Gasteiger partial charge in [0.05, 0.1) is 12.5 Å². The van der Waals surface area contributed by atoms with E-state index < -0.39 is 17.8 Å². The van der Waals surface area contributed by atoms with Crippen molar-refractivity contribution < 1.29 is 22.8 Å². The van der Waals surface area contributed by atoms with E-state index in [1.165, 1.54) is 23.4 Å². The van der Waals surface area contributed by atoms with Crippen molar-refractivity contribution in [1.82, 2.24) is 5.01 Å². The molecule has 0 aliphatic carbocycles. The second-order valence-corrected chi connectivity index (χ2v) is 6.78. The molecule has 1 atom stereocenters. The third-order valence-corrected chi connectivity index (χ3v) is 4.58. The highest BCUT2D eigenvalue weighted by atomic mass is 79.9. The summed E-state index contributed by atoms with van der Waals surface area (Å²) in [7, 11) is 0. The van der Waals surface area contributed by atoms with E-state index in [-0.39, 0.29) is 12.4 Å². The Balaban J connectivity index is 1.53. The van der Waals surface area contributed by atoms with Crippen LogP contribution in [0.5, 0.6) is 5.75 Å². The number of benzene rings is 1. The molecule has 3 heterocycles. The highest BCUT2D eigenvalue weighted by Crippen LogP contribution is 2.33. The minimum atomic E-state index is -0.555. The molecular weight excluding hydrogens is 419 g/mol. The van der Waals surface area contributed by atoms with E-state index in [1.54, 1.807) is 36.6 Å². The van der Waals surface area contributed by atoms with Crippen molar-refractivity contribution in [3.05, 3.63) is 76.8 Å². The number of ether oxygens (including phenoxy) is 1. The molecule has 1 aromatic carbocycles. The lowest BCUT2D eigenvalue weighted by molar-refractivity contribution is -0.135. The van der Waals surface area contributed by atoms with Crippen LogP contribution in [0.1, 0.15) is 24.0 Å². The van der Waals surface area contributed by atoms with E-state index in [0.717, 1.165) is 0 Å². The van der Waals surface area contributed by atoms with Gasteiger partial charge in [0.1, 0.15) is 23.3 Å². The van der Waals surface area contributed by atoms with Gasteiger partial charge in [0.2, 0.25) is 0 Å². The highest BCUT2D eigenvalue weighted by molar-refractivity contribution is 9.10. The molecule has 0 spiro atoms. The van der Waals surface area contributed by atoms with Crippen LogP contribution in [0.15, 0.2) is 73.4 Å². The van der Waals surface area contributed by atoms with Crippen LogP contribution in [-0.2, 0) is 4.79 Å². The van der Waals surface area contributed by atoms with Gasteiger partial charge in [-0.2, -0.15) is 5.10 Å². The number of hydrazone groups is 1. The zero-order valence-corrected chi connectivity index (χ0v) is 15.6. The molecule has 3 aromatic rings. The molecular formula is C19H14BrFN2O4. The quantitative estimate of drug-likeness (QED) is 0.593. The Bertz CT molecular complexity index is 970. The molecule has 2 aromatic heterocycles. The Labute approximate surface area is 162 Å². The summed E-state index contributed by atoms with van der Waals surface area (Å²) in [5, 5.41) is 5.68. The fourth-order valence-electron chi connectivity index (χ4n) is 2.83. The van der Waals surface area contributed by atoms with Crippen LogP contribution in [0.4, 0.5) is 4.39 Å². The number of carbonyl (C=O) groups is 1. The minimum Gasteiger partial charge on any atom is -0.481 e. The molecule has 138 valence electrons. The maximum atomic E-state index is 13.9. The summed E-state index contributed by atoms with van der Waals surface area (Å²) in [4.78, 5) is 12.7. The van der Waals surface area contributed by atoms with Crippen LogP contribution >= 0.6 is 15.9 Å². The Morgan fingerprint density at radius 2 is 2.07 bits per heavy atom. The average molecular weight is 433 g/mol. The Morgan fingerprint density at radius 1 is 1.26 bits per heavy atom. The number of carbonyl (C=O) groups excluding carboxylic acids is 1. The van der Waals surface area contributed by atoms with E-state index in [9.17, 15) is 9.18 Å². The number of hydrogen-bond donors (Lipinski definition) is 0. The number of furan rings is 2. The van der Waals surface area contributed by atoms with Crippen molar-refractivity contribution in [2.45, 2.75) is 12.5 Å². The van der Waals surface area contributed by atoms with E-state index in [1.807, 2.05) is 0 Å². The number of nitrogens with zero attached hydrogens (tertiary/aromatic N) is 2. The van der Waals surface area contributed by atoms with Crippen LogP contribution in [0.2, 0.25) is 0 Å². The summed E-state index contributed by atoms with van der Waals surface area (Å²) in [6, 6.07) is 11.0. The largest absolute Gasteiger partial charge is 0.481 e. The summed E-state index contributed by atoms with van der Waals surface area (Å²) in [5.41, 5.74) is 0.629. The number of amides is 1. The van der Waals surface area contributed by atoms with Crippen molar-refractivity contribution >= 4 is 27.5 Å². The van der Waals surface area contributed by atoms with Gasteiger partial charge in [-0.3, -0.25) is 4.79 Å². The van der Waals surface area contributed by atoms with Gasteiger partial charge in [-0.05, 0) is 42.5 Å². The minimum absolute atomic E-state index is 0.00414. The number of rotatable bonds is 5. The summed E-state index contributed by atoms with van der Waals surface area (Å²) < 4.78 is 30.7. The fourth-order valence-corrected chi connectivity index (χ4v) is 3.17. The maximum absolute atomic E-state index is 13.9. The van der Waals surface area contributed by atoms with Gasteiger partial charge in [-0.1, -0.05) is 15.9 Å². The van der Waals surface area contributed by atoms with Crippen LogP contribution < -0.4 is 4.74 Å². The molecule has 0 fully saturated rings. The lowest BCUT2D eigenvalue weighted by Crippen LogP contribution is -2.31. The molecule has 0 radical (unpaired) electrons. The molecule has 1 aliphatic heterocycles. The highest BCUT2D eigenvalue weighted by Gasteiger charge is 2.35. The molecule has 0 saturated heterocycles. The molecule has 0 saturated carbocycles. The topological polar surface area (TPSA) is 68.2 Å². The van der Waals surface area contributed by atoms with Crippen molar-refractivity contribution in [3.63, 3.8) is 0 Å². The molecule has 4 rings (SSSR count). The zero-order chi connectivity index (χ0) is 18.8. The van der Waals surface area contributed by atoms with Gasteiger partial charge in [0.15, 0.2) is 18.2 Å². The first-order chi connectivity index (χ1) is 13.1. The smallest absolute Gasteiger partial charge is 0.281 e. The molecule has 0 unspecified atom stereocenters. The zero-order valence-electron chi connectivity index (χ0n) is 14.0. The standard InChI is InChI=1S/C19H14BrFN2O4/c20-12-5-6-16(13(21)9-12)27-11-19(24)23-15(18-4-2-8-26-18)10-14(22-23)17-3-1-7-25-17/h1-9,15H,10-11H2/t15-/m1/s1. The van der Waals surface area contributed by atoms with Crippen molar-refractivity contribution in [2.75, 3.05) is 6.61 Å². The third kappa shape index (κ3) is 3.66. The second-order valence-electron chi connectivity index (χ2n) is 5.86. The summed E-state index contributed by atoms with van der Waals surface area (Å²) >= 11 is 3.18. The summed E-state index contributed by atoms with van der Waals surface area (Å²) in [6.45, 7) is -0.356. The van der Waals surface area contributed by atoms with Gasteiger partial charge < -0.3 is 13.6 Å². The monoisotopic (exact) mass is 432 g/mol. The van der Waals surface area contributed by atoms with Gasteiger partial charge in [0.25, 0.3) is 5.91 Å². The van der Waals surface area contributed by atoms with E-state index in [0.29, 0.717) is 28.1 Å². The van der Waals surface area contributed by atoms with Crippen LogP contribution in [0.3, 0.4) is 0 Å². The Morgan fingerprint density at radius 3 is 2.78 bits per heavy atom. The number of hydrogen-bond acceptors (Lipinski definition) is 5. The lowest BCUT2D eigenvalue weighted by Gasteiger charge is -2.20. The van der Waals surface area contributed by atoms with Gasteiger partial charge in [0, 0.05) is 10.9 Å². The summed E-state index contributed by atoms with van der Waals surface area (Å²) in [6.07, 6.45) is 3.53. The summed E-state index contributed by atoms with van der Waals surface area (Å²) in [5.74, 6) is 0.210. The third-order valence-electron chi connectivity index (χ3n) is 4.09. The normalized spacial score (nSPS) is 16.4. The maximum Gasteiger partial charge on any atom is 0.281 e. The van der Waals surface area contributed by atoms with Crippen molar-refractivity contribution in [2.24, 2.45) is 5.10 Å². The Kier molecular flexibility index (Phi) is 4.81. The SMILES string of the molecule is O=C(COc1ccc(Br)cc1F)N1N=C(c2ccco2)C[C@@H]1c1ccco1. The molecule has 0 bridgehead atoms. The lowest BCUT2D eigenvalue weighted by atomic mass is 10.1. The average Bonchev–Trinajstić information content (AvgIpc) is 3.40. The van der Waals surface area contributed by atoms with Crippen molar-refractivity contribution in [3.8, 4) is 5.75 Å². The fraction of sp³-hybridized carbons (Fsp3) is 0.158. The predicted molar refractivity (Wildman–Crippen MR) is 97.8 cm³/mol. The number of halogens is 2. The molecule has 1 aliphatic rings. The van der Waals surface area contributed by atoms with Gasteiger partial charge in [-0.15, -0.1) is 0 Å². The van der Waals surface area contributed by atoms with Crippen molar-refractivity contribution in [1.29, 1.82) is 0 Å². The molecule has 27 heavy (non-hydrogen) atoms. The van der Waals surface area contributed by atoms with Crippen LogP contribution in [-0.4, -0.2) is 23.2 Å². The molecule has 6 nitrogen and oxygen atoms in total. The van der Waals surface area contributed by atoms with Crippen LogP contribution in [0.25, 0.3) is 0 Å². The molecule has 8 heteroatoms.